The summed E-state index contributed by atoms with van der Waals surface area (Å²) in [5.41, 5.74) is 13.3. The fourth-order valence-corrected chi connectivity index (χ4v) is 1.46. The standard InChI is InChI=1S/C13H18N2/c1-10(2)8-12(9-14)13(15)11-6-4-3-5-7-11/h3-9,13H,14-15H2,1-2H3/p+1/b12-9-. The van der Waals surface area contributed by atoms with E-state index >= 15 is 0 Å². The van der Waals surface area contributed by atoms with Crippen LogP contribution in [0.4, 0.5) is 0 Å². The predicted octanol–water partition coefficient (Wildman–Crippen LogP) is 1.78. The third-order valence-corrected chi connectivity index (χ3v) is 2.21. The molecule has 80 valence electrons. The second-order valence-corrected chi connectivity index (χ2v) is 3.81. The lowest BCUT2D eigenvalue weighted by Gasteiger charge is -2.12. The summed E-state index contributed by atoms with van der Waals surface area (Å²) in [6.45, 7) is 4.11. The summed E-state index contributed by atoms with van der Waals surface area (Å²) in [6.07, 6.45) is 3.90. The molecule has 0 saturated carbocycles. The smallest absolute Gasteiger partial charge is 0.0961 e. The van der Waals surface area contributed by atoms with E-state index in [1.165, 1.54) is 5.57 Å². The van der Waals surface area contributed by atoms with Crippen LogP contribution in [0.1, 0.15) is 25.5 Å². The quantitative estimate of drug-likeness (QED) is 0.723. The SMILES string of the molecule is CC(C)=C/C(=C/[NH3+])C(N)c1ccccc1. The second kappa shape index (κ2) is 5.49. The molecule has 0 aliphatic rings. The van der Waals surface area contributed by atoms with Crippen molar-refractivity contribution in [1.29, 1.82) is 0 Å². The molecule has 0 aliphatic heterocycles. The molecular formula is C13H19N2+. The molecule has 1 atom stereocenters. The molecule has 0 fully saturated rings. The summed E-state index contributed by atoms with van der Waals surface area (Å²) in [6, 6.07) is 9.97. The molecule has 0 saturated heterocycles. The lowest BCUT2D eigenvalue weighted by Crippen LogP contribution is -2.41. The molecule has 2 heteroatoms. The third-order valence-electron chi connectivity index (χ3n) is 2.21. The van der Waals surface area contributed by atoms with Crippen molar-refractivity contribution >= 4 is 0 Å². The zero-order chi connectivity index (χ0) is 11.3. The summed E-state index contributed by atoms with van der Waals surface area (Å²) in [7, 11) is 0. The van der Waals surface area contributed by atoms with E-state index in [9.17, 15) is 0 Å². The first-order chi connectivity index (χ1) is 7.15. The van der Waals surface area contributed by atoms with Gasteiger partial charge in [-0.2, -0.15) is 0 Å². The van der Waals surface area contributed by atoms with Crippen molar-refractivity contribution in [2.75, 3.05) is 0 Å². The minimum absolute atomic E-state index is 0.0846. The van der Waals surface area contributed by atoms with Crippen molar-refractivity contribution in [1.82, 2.24) is 0 Å². The molecule has 0 spiro atoms. The number of allylic oxidation sites excluding steroid dienone is 1. The lowest BCUT2D eigenvalue weighted by atomic mass is 9.99. The Hall–Kier alpha value is -1.38. The van der Waals surface area contributed by atoms with E-state index < -0.39 is 0 Å². The van der Waals surface area contributed by atoms with Crippen LogP contribution in [-0.2, 0) is 0 Å². The Morgan fingerprint density at radius 1 is 1.27 bits per heavy atom. The summed E-state index contributed by atoms with van der Waals surface area (Å²) in [5, 5.41) is 0. The molecule has 1 aromatic carbocycles. The van der Waals surface area contributed by atoms with Gasteiger partial charge in [0.05, 0.1) is 12.2 Å². The topological polar surface area (TPSA) is 53.7 Å². The number of hydrogen-bond acceptors (Lipinski definition) is 1. The van der Waals surface area contributed by atoms with Crippen molar-refractivity contribution in [3.05, 3.63) is 59.3 Å². The van der Waals surface area contributed by atoms with Gasteiger partial charge < -0.3 is 11.5 Å². The Bertz CT molecular complexity index is 359. The molecule has 15 heavy (non-hydrogen) atoms. The van der Waals surface area contributed by atoms with Gasteiger partial charge >= 0.3 is 0 Å². The van der Waals surface area contributed by atoms with Crippen LogP contribution in [0, 0.1) is 0 Å². The first-order valence-electron chi connectivity index (χ1n) is 5.10. The van der Waals surface area contributed by atoms with Crippen LogP contribution >= 0.6 is 0 Å². The normalized spacial score (nSPS) is 13.5. The van der Waals surface area contributed by atoms with Crippen LogP contribution in [0.2, 0.25) is 0 Å². The molecule has 1 rings (SSSR count). The van der Waals surface area contributed by atoms with Crippen LogP contribution in [0.3, 0.4) is 0 Å². The minimum Gasteiger partial charge on any atom is -0.331 e. The highest BCUT2D eigenvalue weighted by Gasteiger charge is 2.09. The number of rotatable bonds is 3. The number of nitrogens with two attached hydrogens (primary N) is 1. The zero-order valence-electron chi connectivity index (χ0n) is 9.40. The van der Waals surface area contributed by atoms with Gasteiger partial charge in [-0.25, -0.2) is 0 Å². The van der Waals surface area contributed by atoms with Crippen molar-refractivity contribution in [3.8, 4) is 0 Å². The van der Waals surface area contributed by atoms with Crippen LogP contribution in [-0.4, -0.2) is 0 Å². The molecule has 1 unspecified atom stereocenters. The maximum absolute atomic E-state index is 6.15. The number of hydrogen-bond donors (Lipinski definition) is 2. The van der Waals surface area contributed by atoms with E-state index in [0.29, 0.717) is 0 Å². The van der Waals surface area contributed by atoms with E-state index in [4.69, 9.17) is 5.73 Å². The maximum Gasteiger partial charge on any atom is 0.0961 e. The van der Waals surface area contributed by atoms with E-state index in [1.807, 2.05) is 36.5 Å². The summed E-state index contributed by atoms with van der Waals surface area (Å²) >= 11 is 0. The van der Waals surface area contributed by atoms with E-state index in [-0.39, 0.29) is 6.04 Å². The summed E-state index contributed by atoms with van der Waals surface area (Å²) in [5.74, 6) is 0. The Morgan fingerprint density at radius 2 is 1.87 bits per heavy atom. The molecule has 0 amide bonds. The third kappa shape index (κ3) is 3.35. The van der Waals surface area contributed by atoms with E-state index in [0.717, 1.165) is 11.1 Å². The molecule has 0 aromatic heterocycles. The fourth-order valence-electron chi connectivity index (χ4n) is 1.46. The van der Waals surface area contributed by atoms with Gasteiger partial charge in [-0.05, 0) is 19.4 Å². The van der Waals surface area contributed by atoms with Crippen LogP contribution in [0.25, 0.3) is 0 Å². The van der Waals surface area contributed by atoms with Gasteiger partial charge in [0.1, 0.15) is 0 Å². The first kappa shape index (κ1) is 11.7. The number of quaternary nitrogens is 1. The Morgan fingerprint density at radius 3 is 2.33 bits per heavy atom. The second-order valence-electron chi connectivity index (χ2n) is 3.81. The van der Waals surface area contributed by atoms with Crippen LogP contribution in [0.5, 0.6) is 0 Å². The first-order valence-corrected chi connectivity index (χ1v) is 5.10. The summed E-state index contributed by atoms with van der Waals surface area (Å²) in [4.78, 5) is 0. The monoisotopic (exact) mass is 203 g/mol. The fraction of sp³-hybridized carbons (Fsp3) is 0.231. The average Bonchev–Trinajstić information content (AvgIpc) is 2.26. The highest BCUT2D eigenvalue weighted by molar-refractivity contribution is 5.33. The predicted molar refractivity (Wildman–Crippen MR) is 63.8 cm³/mol. The molecule has 0 bridgehead atoms. The van der Waals surface area contributed by atoms with Crippen LogP contribution in [0.15, 0.2) is 53.8 Å². The minimum atomic E-state index is -0.0846. The van der Waals surface area contributed by atoms with Gasteiger partial charge in [0.25, 0.3) is 0 Å². The molecule has 5 N–H and O–H groups in total. The van der Waals surface area contributed by atoms with Crippen molar-refractivity contribution in [3.63, 3.8) is 0 Å². The molecule has 2 nitrogen and oxygen atoms in total. The maximum atomic E-state index is 6.15. The van der Waals surface area contributed by atoms with Crippen molar-refractivity contribution in [2.45, 2.75) is 19.9 Å². The lowest BCUT2D eigenvalue weighted by molar-refractivity contribution is -0.276. The molecule has 1 aromatic rings. The van der Waals surface area contributed by atoms with E-state index in [1.54, 1.807) is 0 Å². The highest BCUT2D eigenvalue weighted by atomic mass is 14.6. The van der Waals surface area contributed by atoms with Crippen molar-refractivity contribution < 1.29 is 5.73 Å². The molecule has 0 radical (unpaired) electrons. The Balaban J connectivity index is 2.93. The van der Waals surface area contributed by atoms with Gasteiger partial charge in [-0.15, -0.1) is 0 Å². The Kier molecular flexibility index (Phi) is 4.28. The van der Waals surface area contributed by atoms with Gasteiger partial charge in [-0.1, -0.05) is 42.0 Å². The molecule has 0 aliphatic carbocycles. The zero-order valence-corrected chi connectivity index (χ0v) is 9.40. The summed E-state index contributed by atoms with van der Waals surface area (Å²) < 4.78 is 0. The Labute approximate surface area is 91.3 Å². The molecular weight excluding hydrogens is 184 g/mol. The van der Waals surface area contributed by atoms with Gasteiger partial charge in [0.15, 0.2) is 0 Å². The van der Waals surface area contributed by atoms with Gasteiger partial charge in [-0.3, -0.25) is 0 Å². The molecule has 0 heterocycles. The van der Waals surface area contributed by atoms with Gasteiger partial charge in [0.2, 0.25) is 0 Å². The average molecular weight is 203 g/mol. The number of benzene rings is 1. The van der Waals surface area contributed by atoms with Gasteiger partial charge in [0, 0.05) is 5.57 Å². The van der Waals surface area contributed by atoms with E-state index in [2.05, 4.69) is 25.7 Å². The van der Waals surface area contributed by atoms with Crippen molar-refractivity contribution in [2.24, 2.45) is 5.73 Å². The van der Waals surface area contributed by atoms with Crippen LogP contribution < -0.4 is 11.5 Å². The highest BCUT2D eigenvalue weighted by Crippen LogP contribution is 2.19. The largest absolute Gasteiger partial charge is 0.331 e.